The molecule has 4 nitrogen and oxygen atoms in total. The zero-order valence-electron chi connectivity index (χ0n) is 17.9. The molecule has 0 amide bonds. The van der Waals surface area contributed by atoms with Crippen molar-refractivity contribution in [3.8, 4) is 28.4 Å². The Morgan fingerprint density at radius 1 is 1.13 bits per heavy atom. The maximum atomic E-state index is 8.91. The van der Waals surface area contributed by atoms with E-state index in [9.17, 15) is 0 Å². The third-order valence-electron chi connectivity index (χ3n) is 5.68. The van der Waals surface area contributed by atoms with Crippen molar-refractivity contribution >= 4 is 21.4 Å². The molecule has 0 N–H and O–H groups in total. The summed E-state index contributed by atoms with van der Waals surface area (Å²) in [6, 6.07) is 21.3. The van der Waals surface area contributed by atoms with Gasteiger partial charge >= 0.3 is 0 Å². The van der Waals surface area contributed by atoms with E-state index in [1.54, 1.807) is 11.3 Å². The Morgan fingerprint density at radius 2 is 1.90 bits per heavy atom. The largest absolute Gasteiger partial charge is 0.348 e. The zero-order chi connectivity index (χ0) is 21.6. The lowest BCUT2D eigenvalue weighted by Crippen LogP contribution is -2.47. The molecule has 1 aliphatic heterocycles. The number of nitrogens with zero attached hydrogens (tertiary/aromatic N) is 2. The number of benzene rings is 2. The minimum absolute atomic E-state index is 0.0237. The van der Waals surface area contributed by atoms with Crippen molar-refractivity contribution in [2.45, 2.75) is 38.2 Å². The number of ether oxygens (including phenoxy) is 2. The van der Waals surface area contributed by atoms with Gasteiger partial charge in [0.2, 0.25) is 0 Å². The molecule has 31 heavy (non-hydrogen) atoms. The predicted octanol–water partition coefficient (Wildman–Crippen LogP) is 5.29. The summed E-state index contributed by atoms with van der Waals surface area (Å²) in [6.07, 6.45) is 1.54. The molecule has 0 saturated carbocycles. The molecule has 158 valence electrons. The highest BCUT2D eigenvalue weighted by Crippen LogP contribution is 2.38. The van der Waals surface area contributed by atoms with Crippen molar-refractivity contribution in [2.75, 3.05) is 20.2 Å². The quantitative estimate of drug-likeness (QED) is 0.408. The molecular formula is C26H26N2O2S. The fourth-order valence-corrected chi connectivity index (χ4v) is 5.25. The molecule has 1 fully saturated rings. The second kappa shape index (κ2) is 10.1. The highest BCUT2D eigenvalue weighted by Gasteiger charge is 2.31. The summed E-state index contributed by atoms with van der Waals surface area (Å²) in [4.78, 5) is 3.24. The number of hydrogen-bond acceptors (Lipinski definition) is 5. The average Bonchev–Trinajstić information content (AvgIpc) is 3.16. The fraction of sp³-hybridized carbons (Fsp3) is 0.346. The van der Waals surface area contributed by atoms with Crippen LogP contribution in [0.25, 0.3) is 20.5 Å². The summed E-state index contributed by atoms with van der Waals surface area (Å²) in [5.41, 5.74) is 2.25. The van der Waals surface area contributed by atoms with Gasteiger partial charge in [-0.2, -0.15) is 5.26 Å². The first-order valence-electron chi connectivity index (χ1n) is 10.6. The summed E-state index contributed by atoms with van der Waals surface area (Å²) in [6.45, 7) is 2.78. The van der Waals surface area contributed by atoms with Gasteiger partial charge in [0.05, 0.1) is 29.2 Å². The van der Waals surface area contributed by atoms with E-state index >= 15 is 0 Å². The lowest BCUT2D eigenvalue weighted by Gasteiger charge is -2.38. The van der Waals surface area contributed by atoms with Crippen LogP contribution in [0.3, 0.4) is 0 Å². The molecule has 1 aromatic heterocycles. The lowest BCUT2D eigenvalue weighted by molar-refractivity contribution is -0.200. The van der Waals surface area contributed by atoms with E-state index in [0.29, 0.717) is 13.2 Å². The highest BCUT2D eigenvalue weighted by atomic mass is 32.1. The number of fused-ring (bicyclic) bond motifs is 1. The van der Waals surface area contributed by atoms with E-state index < -0.39 is 0 Å². The Hall–Kier alpha value is -2.67. The lowest BCUT2D eigenvalue weighted by atomic mass is 10.0. The first kappa shape index (κ1) is 21.6. The van der Waals surface area contributed by atoms with E-state index in [1.165, 1.54) is 20.5 Å². The van der Waals surface area contributed by atoms with Gasteiger partial charge in [0.25, 0.3) is 0 Å². The molecule has 3 aromatic rings. The molecule has 1 saturated heterocycles. The van der Waals surface area contributed by atoms with Crippen LogP contribution >= 0.6 is 11.3 Å². The van der Waals surface area contributed by atoms with Crippen LogP contribution in [-0.2, 0) is 9.47 Å². The number of rotatable bonds is 5. The Labute approximate surface area is 188 Å². The van der Waals surface area contributed by atoms with Crippen LogP contribution in [0.15, 0.2) is 54.6 Å². The van der Waals surface area contributed by atoms with Crippen molar-refractivity contribution < 1.29 is 9.47 Å². The molecule has 2 aromatic carbocycles. The smallest absolute Gasteiger partial charge is 0.159 e. The predicted molar refractivity (Wildman–Crippen MR) is 126 cm³/mol. The maximum absolute atomic E-state index is 8.91. The minimum atomic E-state index is -0.246. The molecule has 4 rings (SSSR count). The van der Waals surface area contributed by atoms with E-state index in [2.05, 4.69) is 66.4 Å². The second-order valence-corrected chi connectivity index (χ2v) is 8.82. The molecule has 0 unspecified atom stereocenters. The Bertz CT molecular complexity index is 1120. The molecule has 2 heterocycles. The van der Waals surface area contributed by atoms with Crippen molar-refractivity contribution in [2.24, 2.45) is 0 Å². The molecule has 1 aliphatic rings. The molecule has 3 atom stereocenters. The van der Waals surface area contributed by atoms with Gasteiger partial charge in [-0.1, -0.05) is 60.4 Å². The second-order valence-electron chi connectivity index (χ2n) is 7.77. The molecule has 0 aliphatic carbocycles. The van der Waals surface area contributed by atoms with Crippen LogP contribution in [0, 0.1) is 23.2 Å². The monoisotopic (exact) mass is 430 g/mol. The van der Waals surface area contributed by atoms with Crippen molar-refractivity contribution in [3.05, 3.63) is 60.2 Å². The van der Waals surface area contributed by atoms with Crippen LogP contribution in [-0.4, -0.2) is 43.5 Å². The van der Waals surface area contributed by atoms with E-state index in [4.69, 9.17) is 14.7 Å². The van der Waals surface area contributed by atoms with Gasteiger partial charge in [0.15, 0.2) is 6.29 Å². The Morgan fingerprint density at radius 3 is 2.68 bits per heavy atom. The minimum Gasteiger partial charge on any atom is -0.348 e. The van der Waals surface area contributed by atoms with Gasteiger partial charge in [0, 0.05) is 22.5 Å². The van der Waals surface area contributed by atoms with Crippen LogP contribution in [0.4, 0.5) is 0 Å². The summed E-state index contributed by atoms with van der Waals surface area (Å²) in [5.74, 6) is 6.57. The SMILES string of the molecule is C[C@@H]1O[C@@H](OCC#Cc2c(-c3ccccc3)sc3ccccc23)CC[C@@H]1N(C)CC#N. The summed E-state index contributed by atoms with van der Waals surface area (Å²) < 4.78 is 13.2. The van der Waals surface area contributed by atoms with Crippen LogP contribution < -0.4 is 0 Å². The summed E-state index contributed by atoms with van der Waals surface area (Å²) in [5, 5.41) is 10.1. The number of thiophene rings is 1. The normalized spacial score (nSPS) is 20.9. The van der Waals surface area contributed by atoms with E-state index in [1.807, 2.05) is 24.9 Å². The van der Waals surface area contributed by atoms with Crippen molar-refractivity contribution in [1.29, 1.82) is 5.26 Å². The first-order chi connectivity index (χ1) is 15.2. The van der Waals surface area contributed by atoms with Gasteiger partial charge in [-0.25, -0.2) is 0 Å². The van der Waals surface area contributed by atoms with Crippen molar-refractivity contribution in [1.82, 2.24) is 4.90 Å². The van der Waals surface area contributed by atoms with Crippen LogP contribution in [0.1, 0.15) is 25.3 Å². The fourth-order valence-electron chi connectivity index (χ4n) is 4.09. The Balaban J connectivity index is 1.44. The molecule has 0 bridgehead atoms. The zero-order valence-corrected chi connectivity index (χ0v) is 18.7. The molecule has 5 heteroatoms. The first-order valence-corrected chi connectivity index (χ1v) is 11.4. The maximum Gasteiger partial charge on any atom is 0.159 e. The van der Waals surface area contributed by atoms with Crippen LogP contribution in [0.2, 0.25) is 0 Å². The number of nitriles is 1. The number of likely N-dealkylation sites (N-methyl/N-ethyl adjacent to an activating group) is 1. The molecule has 0 radical (unpaired) electrons. The summed E-state index contributed by atoms with van der Waals surface area (Å²) >= 11 is 1.77. The Kier molecular flexibility index (Phi) is 7.02. The molecule has 0 spiro atoms. The van der Waals surface area contributed by atoms with Gasteiger partial charge in [-0.3, -0.25) is 4.90 Å². The van der Waals surface area contributed by atoms with Gasteiger partial charge < -0.3 is 9.47 Å². The highest BCUT2D eigenvalue weighted by molar-refractivity contribution is 7.22. The van der Waals surface area contributed by atoms with Gasteiger partial charge in [-0.05, 0) is 32.0 Å². The number of hydrogen-bond donors (Lipinski definition) is 0. The topological polar surface area (TPSA) is 45.5 Å². The van der Waals surface area contributed by atoms with Crippen molar-refractivity contribution in [3.63, 3.8) is 0 Å². The third kappa shape index (κ3) is 4.98. The van der Waals surface area contributed by atoms with E-state index in [0.717, 1.165) is 18.4 Å². The van der Waals surface area contributed by atoms with Gasteiger partial charge in [-0.15, -0.1) is 11.3 Å². The average molecular weight is 431 g/mol. The molecular weight excluding hydrogens is 404 g/mol. The van der Waals surface area contributed by atoms with Crippen LogP contribution in [0.5, 0.6) is 0 Å². The standard InChI is InChI=1S/C26H26N2O2S/c1-19-23(28(2)17-16-27)14-15-25(30-19)29-18-8-12-22-21-11-6-7-13-24(21)31-26(22)20-9-4-3-5-10-20/h3-7,9-11,13,19,23,25H,14-15,17-18H2,1-2H3/t19-,23-,25+/m0/s1. The van der Waals surface area contributed by atoms with E-state index in [-0.39, 0.29) is 18.4 Å². The van der Waals surface area contributed by atoms with Gasteiger partial charge in [0.1, 0.15) is 6.61 Å². The summed E-state index contributed by atoms with van der Waals surface area (Å²) in [7, 11) is 1.97. The third-order valence-corrected chi connectivity index (χ3v) is 6.90.